The van der Waals surface area contributed by atoms with E-state index in [0.29, 0.717) is 18.1 Å². The third-order valence-electron chi connectivity index (χ3n) is 5.16. The molecule has 26 heavy (non-hydrogen) atoms. The van der Waals surface area contributed by atoms with Crippen LogP contribution in [0.15, 0.2) is 60.7 Å². The normalized spacial score (nSPS) is 19.8. The average Bonchev–Trinajstić information content (AvgIpc) is 2.68. The molecule has 0 aromatic heterocycles. The molecular weight excluding hydrogens is 324 g/mol. The van der Waals surface area contributed by atoms with Gasteiger partial charge in [-0.15, -0.1) is 0 Å². The van der Waals surface area contributed by atoms with Gasteiger partial charge in [-0.25, -0.2) is 0 Å². The van der Waals surface area contributed by atoms with E-state index in [1.54, 1.807) is 6.08 Å². The lowest BCUT2D eigenvalue weighted by Crippen LogP contribution is -2.43. The van der Waals surface area contributed by atoms with Gasteiger partial charge in [0.1, 0.15) is 11.5 Å². The van der Waals surface area contributed by atoms with Crippen LogP contribution in [0.3, 0.4) is 0 Å². The summed E-state index contributed by atoms with van der Waals surface area (Å²) in [5.74, 6) is 1.33. The second kappa shape index (κ2) is 5.55. The monoisotopic (exact) mass is 342 g/mol. The summed E-state index contributed by atoms with van der Waals surface area (Å²) in [6, 6.07) is 17.9. The molecule has 2 aliphatic rings. The Morgan fingerprint density at radius 1 is 0.923 bits per heavy atom. The maximum Gasteiger partial charge on any atom is 0.197 e. The first kappa shape index (κ1) is 15.4. The Hall–Kier alpha value is -2.91. The number of carbonyl (C=O) groups is 1. The van der Waals surface area contributed by atoms with E-state index < -0.39 is 5.60 Å². The summed E-state index contributed by atoms with van der Waals surface area (Å²) in [7, 11) is 0. The maximum atomic E-state index is 13.3. The molecule has 0 spiro atoms. The van der Waals surface area contributed by atoms with E-state index in [9.17, 15) is 4.79 Å². The van der Waals surface area contributed by atoms with Gasteiger partial charge in [0.25, 0.3) is 0 Å². The van der Waals surface area contributed by atoms with Gasteiger partial charge in [-0.05, 0) is 41.0 Å². The molecule has 0 bridgehead atoms. The lowest BCUT2D eigenvalue weighted by atomic mass is 9.73. The number of carbonyl (C=O) groups excluding carboxylic acids is 1. The number of ether oxygens (including phenoxy) is 2. The van der Waals surface area contributed by atoms with Crippen molar-refractivity contribution in [1.29, 1.82) is 0 Å². The minimum atomic E-state index is -1.15. The first-order valence-corrected chi connectivity index (χ1v) is 8.96. The number of ketones is 1. The van der Waals surface area contributed by atoms with Crippen molar-refractivity contribution in [1.82, 2.24) is 0 Å². The highest BCUT2D eigenvalue weighted by Crippen LogP contribution is 2.54. The molecular formula is C23H18O3. The summed E-state index contributed by atoms with van der Waals surface area (Å²) in [4.78, 5) is 13.3. The highest BCUT2D eigenvalue weighted by molar-refractivity contribution is 6.10. The van der Waals surface area contributed by atoms with Crippen molar-refractivity contribution in [2.75, 3.05) is 6.61 Å². The Bertz CT molecular complexity index is 1080. The second-order valence-electron chi connectivity index (χ2n) is 6.71. The van der Waals surface area contributed by atoms with Gasteiger partial charge >= 0.3 is 0 Å². The second-order valence-corrected chi connectivity index (χ2v) is 6.71. The third kappa shape index (κ3) is 1.89. The molecule has 3 aromatic rings. The van der Waals surface area contributed by atoms with Gasteiger partial charge < -0.3 is 9.47 Å². The molecule has 0 amide bonds. The van der Waals surface area contributed by atoms with Gasteiger partial charge in [-0.3, -0.25) is 4.79 Å². The standard InChI is InChI=1S/C23H18O3/c1-2-14-25-23-20(24)13-11-16-7-5-9-18(21(16)23)26-19-12-10-15-6-3-4-8-17(15)22(19)23/h3-13H,2,14H2,1H3. The van der Waals surface area contributed by atoms with Crippen LogP contribution in [0.4, 0.5) is 0 Å². The summed E-state index contributed by atoms with van der Waals surface area (Å²) in [6.45, 7) is 2.55. The Balaban J connectivity index is 1.93. The highest BCUT2D eigenvalue weighted by Gasteiger charge is 2.51. The van der Waals surface area contributed by atoms with Gasteiger partial charge in [0.2, 0.25) is 0 Å². The zero-order valence-electron chi connectivity index (χ0n) is 14.5. The SMILES string of the molecule is CCCOC12C(=O)C=Cc3cccc(c31)Oc1ccc3ccccc3c12. The predicted molar refractivity (Wildman–Crippen MR) is 102 cm³/mol. The quantitative estimate of drug-likeness (QED) is 0.655. The molecule has 0 N–H and O–H groups in total. The number of hydrogen-bond acceptors (Lipinski definition) is 3. The molecule has 1 heterocycles. The molecule has 0 saturated heterocycles. The fraction of sp³-hybridized carbons (Fsp3) is 0.174. The van der Waals surface area contributed by atoms with E-state index in [-0.39, 0.29) is 5.78 Å². The van der Waals surface area contributed by atoms with Crippen molar-refractivity contribution in [2.45, 2.75) is 18.9 Å². The van der Waals surface area contributed by atoms with Crippen LogP contribution < -0.4 is 4.74 Å². The van der Waals surface area contributed by atoms with Crippen LogP contribution in [0, 0.1) is 0 Å². The summed E-state index contributed by atoms with van der Waals surface area (Å²) in [6.07, 6.45) is 4.32. The van der Waals surface area contributed by atoms with Crippen LogP contribution in [0.25, 0.3) is 16.8 Å². The fourth-order valence-corrected chi connectivity index (χ4v) is 4.09. The lowest BCUT2D eigenvalue weighted by molar-refractivity contribution is -0.136. The van der Waals surface area contributed by atoms with Gasteiger partial charge in [-0.1, -0.05) is 55.5 Å². The summed E-state index contributed by atoms with van der Waals surface area (Å²) in [5.41, 5.74) is 1.46. The summed E-state index contributed by atoms with van der Waals surface area (Å²) in [5, 5.41) is 2.06. The number of rotatable bonds is 3. The van der Waals surface area contributed by atoms with E-state index >= 15 is 0 Å². The molecule has 1 aliphatic carbocycles. The van der Waals surface area contributed by atoms with Crippen molar-refractivity contribution in [3.05, 3.63) is 77.4 Å². The highest BCUT2D eigenvalue weighted by atomic mass is 16.5. The zero-order chi connectivity index (χ0) is 17.7. The molecule has 0 radical (unpaired) electrons. The number of hydrogen-bond donors (Lipinski definition) is 0. The molecule has 1 unspecified atom stereocenters. The molecule has 1 aliphatic heterocycles. The van der Waals surface area contributed by atoms with Gasteiger partial charge in [-0.2, -0.15) is 0 Å². The average molecular weight is 342 g/mol. The van der Waals surface area contributed by atoms with Gasteiger partial charge in [0.05, 0.1) is 0 Å². The van der Waals surface area contributed by atoms with E-state index in [2.05, 4.69) is 6.92 Å². The van der Waals surface area contributed by atoms with E-state index in [4.69, 9.17) is 9.47 Å². The Morgan fingerprint density at radius 2 is 1.77 bits per heavy atom. The lowest BCUT2D eigenvalue weighted by Gasteiger charge is -2.41. The third-order valence-corrected chi connectivity index (χ3v) is 5.16. The minimum absolute atomic E-state index is 0.0493. The van der Waals surface area contributed by atoms with Crippen molar-refractivity contribution >= 4 is 22.6 Å². The van der Waals surface area contributed by atoms with Crippen LogP contribution in [-0.4, -0.2) is 12.4 Å². The van der Waals surface area contributed by atoms with E-state index in [1.165, 1.54) is 0 Å². The van der Waals surface area contributed by atoms with E-state index in [0.717, 1.165) is 33.9 Å². The Labute approximate surface area is 151 Å². The minimum Gasteiger partial charge on any atom is -0.456 e. The summed E-state index contributed by atoms with van der Waals surface area (Å²) < 4.78 is 12.6. The van der Waals surface area contributed by atoms with Gasteiger partial charge in [0.15, 0.2) is 11.4 Å². The Morgan fingerprint density at radius 3 is 2.65 bits per heavy atom. The van der Waals surface area contributed by atoms with Crippen molar-refractivity contribution in [3.8, 4) is 11.5 Å². The van der Waals surface area contributed by atoms with Crippen molar-refractivity contribution in [3.63, 3.8) is 0 Å². The van der Waals surface area contributed by atoms with Crippen molar-refractivity contribution in [2.24, 2.45) is 0 Å². The molecule has 1 atom stereocenters. The van der Waals surface area contributed by atoms with Gasteiger partial charge in [0, 0.05) is 17.7 Å². The topological polar surface area (TPSA) is 35.5 Å². The largest absolute Gasteiger partial charge is 0.456 e. The Kier molecular flexibility index (Phi) is 3.28. The first-order chi connectivity index (χ1) is 12.8. The van der Waals surface area contributed by atoms with Crippen LogP contribution in [-0.2, 0) is 15.1 Å². The van der Waals surface area contributed by atoms with Crippen LogP contribution in [0.1, 0.15) is 30.0 Å². The van der Waals surface area contributed by atoms with Crippen molar-refractivity contribution < 1.29 is 14.3 Å². The molecule has 3 nitrogen and oxygen atoms in total. The van der Waals surface area contributed by atoms with Crippen LogP contribution >= 0.6 is 0 Å². The van der Waals surface area contributed by atoms with E-state index in [1.807, 2.05) is 60.7 Å². The molecule has 0 fully saturated rings. The first-order valence-electron chi connectivity index (χ1n) is 8.96. The zero-order valence-corrected chi connectivity index (χ0v) is 14.5. The van der Waals surface area contributed by atoms with Crippen LogP contribution in [0.5, 0.6) is 11.5 Å². The molecule has 5 rings (SSSR count). The maximum absolute atomic E-state index is 13.3. The molecule has 3 aromatic carbocycles. The number of fused-ring (bicyclic) bond motifs is 4. The molecule has 0 saturated carbocycles. The van der Waals surface area contributed by atoms with Crippen LogP contribution in [0.2, 0.25) is 0 Å². The predicted octanol–water partition coefficient (Wildman–Crippen LogP) is 5.21. The fourth-order valence-electron chi connectivity index (χ4n) is 4.09. The molecule has 128 valence electrons. The summed E-state index contributed by atoms with van der Waals surface area (Å²) >= 11 is 0. The molecule has 3 heteroatoms. The smallest absolute Gasteiger partial charge is 0.197 e. The number of benzene rings is 3.